The fraction of sp³-hybridized carbons (Fsp3) is 0.348. The van der Waals surface area contributed by atoms with Gasteiger partial charge in [0.25, 0.3) is 5.91 Å². The summed E-state index contributed by atoms with van der Waals surface area (Å²) in [5, 5.41) is 12.2. The maximum absolute atomic E-state index is 12.8. The third-order valence-electron chi connectivity index (χ3n) is 6.19. The number of hydrogen-bond acceptors (Lipinski definition) is 5. The number of benzene rings is 2. The third kappa shape index (κ3) is 4.16. The quantitative estimate of drug-likeness (QED) is 0.661. The van der Waals surface area contributed by atoms with Crippen LogP contribution in [0.1, 0.15) is 22.0 Å². The Morgan fingerprint density at radius 1 is 1.13 bits per heavy atom. The van der Waals surface area contributed by atoms with E-state index in [-0.39, 0.29) is 5.91 Å². The van der Waals surface area contributed by atoms with Crippen LogP contribution in [-0.2, 0) is 19.5 Å². The molecule has 0 spiro atoms. The zero-order valence-electron chi connectivity index (χ0n) is 17.3. The van der Waals surface area contributed by atoms with Crippen LogP contribution in [0.2, 0.25) is 5.02 Å². The lowest BCUT2D eigenvalue weighted by Gasteiger charge is -2.25. The minimum absolute atomic E-state index is 0.240. The van der Waals surface area contributed by atoms with Crippen molar-refractivity contribution in [3.63, 3.8) is 0 Å². The van der Waals surface area contributed by atoms with Crippen molar-refractivity contribution in [1.82, 2.24) is 19.7 Å². The van der Waals surface area contributed by atoms with Crippen LogP contribution < -0.4 is 10.1 Å². The Bertz CT molecular complexity index is 1100. The number of hydrogen-bond donors (Lipinski definition) is 1. The van der Waals surface area contributed by atoms with E-state index < -0.39 is 0 Å². The molecular weight excluding hydrogens is 414 g/mol. The van der Waals surface area contributed by atoms with Crippen molar-refractivity contribution in [3.05, 3.63) is 70.8 Å². The minimum Gasteiger partial charge on any atom is -0.497 e. The lowest BCUT2D eigenvalue weighted by Crippen LogP contribution is -2.31. The van der Waals surface area contributed by atoms with E-state index >= 15 is 0 Å². The van der Waals surface area contributed by atoms with Crippen molar-refractivity contribution < 1.29 is 9.53 Å². The van der Waals surface area contributed by atoms with Gasteiger partial charge in [0.05, 0.1) is 7.11 Å². The van der Waals surface area contributed by atoms with E-state index in [0.717, 1.165) is 49.2 Å². The molecule has 1 fully saturated rings. The Labute approximate surface area is 186 Å². The van der Waals surface area contributed by atoms with Gasteiger partial charge in [-0.3, -0.25) is 9.69 Å². The molecule has 0 radical (unpaired) electrons. The topological polar surface area (TPSA) is 72.3 Å². The summed E-state index contributed by atoms with van der Waals surface area (Å²) in [6, 6.07) is 15.3. The van der Waals surface area contributed by atoms with Crippen LogP contribution in [0.15, 0.2) is 48.5 Å². The third-order valence-corrected chi connectivity index (χ3v) is 6.42. The summed E-state index contributed by atoms with van der Waals surface area (Å²) in [7, 11) is 1.61. The molecule has 2 aromatic carbocycles. The number of likely N-dealkylation sites (tertiary alicyclic amines) is 1. The Morgan fingerprint density at radius 3 is 2.71 bits per heavy atom. The molecule has 8 heteroatoms. The molecule has 2 aliphatic heterocycles. The molecule has 1 N–H and O–H groups in total. The monoisotopic (exact) mass is 437 g/mol. The van der Waals surface area contributed by atoms with Crippen LogP contribution in [-0.4, -0.2) is 45.8 Å². The van der Waals surface area contributed by atoms with E-state index in [4.69, 9.17) is 16.3 Å². The molecule has 1 aromatic heterocycles. The predicted molar refractivity (Wildman–Crippen MR) is 118 cm³/mol. The molecule has 7 nitrogen and oxygen atoms in total. The highest BCUT2D eigenvalue weighted by molar-refractivity contribution is 6.30. The van der Waals surface area contributed by atoms with Gasteiger partial charge in [-0.25, -0.2) is 0 Å². The van der Waals surface area contributed by atoms with Gasteiger partial charge in [-0.2, -0.15) is 0 Å². The first-order valence-electron chi connectivity index (χ1n) is 10.4. The van der Waals surface area contributed by atoms with Gasteiger partial charge in [0.2, 0.25) is 5.82 Å². The smallest absolute Gasteiger partial charge is 0.293 e. The summed E-state index contributed by atoms with van der Waals surface area (Å²) in [4.78, 5) is 15.3. The van der Waals surface area contributed by atoms with Crippen LogP contribution in [0.25, 0.3) is 0 Å². The number of methoxy groups -OCH3 is 1. The van der Waals surface area contributed by atoms with Crippen molar-refractivity contribution in [2.75, 3.05) is 25.5 Å². The number of nitrogens with zero attached hydrogens (tertiary/aromatic N) is 4. The Balaban J connectivity index is 1.26. The summed E-state index contributed by atoms with van der Waals surface area (Å²) in [5.74, 6) is 2.79. The number of nitrogens with one attached hydrogen (secondary N) is 1. The maximum Gasteiger partial charge on any atom is 0.293 e. The molecule has 160 valence electrons. The van der Waals surface area contributed by atoms with Crippen LogP contribution in [0.3, 0.4) is 0 Å². The molecule has 2 atom stereocenters. The summed E-state index contributed by atoms with van der Waals surface area (Å²) in [5.41, 5.74) is 1.93. The molecule has 3 heterocycles. The zero-order valence-corrected chi connectivity index (χ0v) is 18.0. The standard InChI is InChI=1S/C23H24ClN5O2/c1-31-20-7-5-19(6-8-20)25-23(30)22-27-26-21-10-16-12-28(13-17(16)14-29(21)22)11-15-3-2-4-18(24)9-15/h2-9,16-17H,10-14H2,1H3,(H,25,30). The van der Waals surface area contributed by atoms with Gasteiger partial charge in [-0.05, 0) is 53.8 Å². The van der Waals surface area contributed by atoms with E-state index in [1.165, 1.54) is 5.56 Å². The second-order valence-electron chi connectivity index (χ2n) is 8.28. The van der Waals surface area contributed by atoms with Crippen LogP contribution in [0, 0.1) is 11.8 Å². The number of fused-ring (bicyclic) bond motifs is 2. The number of carbonyl (C=O) groups is 1. The van der Waals surface area contributed by atoms with Crippen molar-refractivity contribution in [2.45, 2.75) is 19.5 Å². The SMILES string of the molecule is COc1ccc(NC(=O)c2nnc3n2CC2CN(Cc4cccc(Cl)c4)CC2C3)cc1. The largest absolute Gasteiger partial charge is 0.497 e. The van der Waals surface area contributed by atoms with Crippen LogP contribution >= 0.6 is 11.6 Å². The zero-order chi connectivity index (χ0) is 21.4. The van der Waals surface area contributed by atoms with Gasteiger partial charge in [-0.15, -0.1) is 10.2 Å². The molecule has 0 bridgehead atoms. The molecule has 1 amide bonds. The summed E-state index contributed by atoms with van der Waals surface area (Å²) >= 11 is 6.14. The average Bonchev–Trinajstić information content (AvgIpc) is 3.35. The molecule has 5 rings (SSSR count). The molecule has 2 unspecified atom stereocenters. The molecule has 3 aromatic rings. The number of rotatable bonds is 5. The van der Waals surface area contributed by atoms with Gasteiger partial charge in [0.1, 0.15) is 11.6 Å². The Morgan fingerprint density at radius 2 is 1.94 bits per heavy atom. The van der Waals surface area contributed by atoms with Crippen molar-refractivity contribution in [3.8, 4) is 5.75 Å². The van der Waals surface area contributed by atoms with Gasteiger partial charge >= 0.3 is 0 Å². The number of anilines is 1. The fourth-order valence-electron chi connectivity index (χ4n) is 4.67. The maximum atomic E-state index is 12.8. The predicted octanol–water partition coefficient (Wildman–Crippen LogP) is 3.50. The van der Waals surface area contributed by atoms with E-state index in [2.05, 4.69) is 26.5 Å². The molecule has 2 aliphatic rings. The van der Waals surface area contributed by atoms with Gasteiger partial charge in [-0.1, -0.05) is 23.7 Å². The van der Waals surface area contributed by atoms with Crippen molar-refractivity contribution in [2.24, 2.45) is 11.8 Å². The molecule has 0 saturated carbocycles. The fourth-order valence-corrected chi connectivity index (χ4v) is 4.89. The highest BCUT2D eigenvalue weighted by atomic mass is 35.5. The van der Waals surface area contributed by atoms with Gasteiger partial charge < -0.3 is 14.6 Å². The first kappa shape index (κ1) is 20.0. The molecular formula is C23H24ClN5O2. The number of amides is 1. The second kappa shape index (κ2) is 8.32. The highest BCUT2D eigenvalue weighted by Crippen LogP contribution is 2.33. The number of ether oxygens (including phenoxy) is 1. The molecule has 0 aliphatic carbocycles. The summed E-state index contributed by atoms with van der Waals surface area (Å²) in [6.07, 6.45) is 0.847. The summed E-state index contributed by atoms with van der Waals surface area (Å²) in [6.45, 7) is 3.68. The first-order chi connectivity index (χ1) is 15.1. The minimum atomic E-state index is -0.240. The van der Waals surface area contributed by atoms with Crippen LogP contribution in [0.4, 0.5) is 5.69 Å². The molecule has 1 saturated heterocycles. The van der Waals surface area contributed by atoms with E-state index in [0.29, 0.717) is 23.3 Å². The number of carbonyl (C=O) groups excluding carboxylic acids is 1. The van der Waals surface area contributed by atoms with Gasteiger partial charge in [0.15, 0.2) is 0 Å². The van der Waals surface area contributed by atoms with Crippen molar-refractivity contribution >= 4 is 23.2 Å². The Kier molecular flexibility index (Phi) is 5.38. The average molecular weight is 438 g/mol. The van der Waals surface area contributed by atoms with Crippen LogP contribution in [0.5, 0.6) is 5.75 Å². The van der Waals surface area contributed by atoms with Gasteiger partial charge in [0, 0.05) is 43.3 Å². The lowest BCUT2D eigenvalue weighted by molar-refractivity contribution is 0.100. The number of aromatic nitrogens is 3. The number of halogens is 1. The van der Waals surface area contributed by atoms with Crippen molar-refractivity contribution in [1.29, 1.82) is 0 Å². The first-order valence-corrected chi connectivity index (χ1v) is 10.8. The van der Waals surface area contributed by atoms with E-state index in [1.54, 1.807) is 7.11 Å². The van der Waals surface area contributed by atoms with E-state index in [1.807, 2.05) is 47.0 Å². The Hall–Kier alpha value is -2.90. The summed E-state index contributed by atoms with van der Waals surface area (Å²) < 4.78 is 7.15. The second-order valence-corrected chi connectivity index (χ2v) is 8.72. The van der Waals surface area contributed by atoms with E-state index in [9.17, 15) is 4.79 Å². The normalized spacial score (nSPS) is 20.2. The highest BCUT2D eigenvalue weighted by Gasteiger charge is 2.39. The molecule has 31 heavy (non-hydrogen) atoms. The lowest BCUT2D eigenvalue weighted by atomic mass is 9.89.